The van der Waals surface area contributed by atoms with Crippen LogP contribution in [0.4, 0.5) is 15.8 Å². The Morgan fingerprint density at radius 3 is 2.59 bits per heavy atom. The summed E-state index contributed by atoms with van der Waals surface area (Å²) in [5, 5.41) is 13.5. The molecule has 1 rings (SSSR count). The molecule has 0 amide bonds. The quantitative estimate of drug-likeness (QED) is 0.632. The lowest BCUT2D eigenvalue weighted by Gasteiger charge is -2.17. The van der Waals surface area contributed by atoms with Gasteiger partial charge < -0.3 is 5.32 Å². The minimum Gasteiger partial charge on any atom is -0.380 e. The van der Waals surface area contributed by atoms with E-state index in [9.17, 15) is 14.5 Å². The Labute approximate surface area is 100.0 Å². The van der Waals surface area contributed by atoms with Crippen LogP contribution >= 0.6 is 0 Å². The van der Waals surface area contributed by atoms with E-state index in [0.29, 0.717) is 5.92 Å². The minimum atomic E-state index is -0.530. The smallest absolute Gasteiger partial charge is 0.271 e. The number of rotatable bonds is 5. The highest BCUT2D eigenvalue weighted by Gasteiger charge is 2.13. The Kier molecular flexibility index (Phi) is 4.43. The van der Waals surface area contributed by atoms with Gasteiger partial charge in [0.25, 0.3) is 5.69 Å². The van der Waals surface area contributed by atoms with Crippen molar-refractivity contribution in [2.24, 2.45) is 5.92 Å². The molecule has 17 heavy (non-hydrogen) atoms. The first-order valence-corrected chi connectivity index (χ1v) is 5.60. The molecule has 1 atom stereocenters. The first-order valence-electron chi connectivity index (χ1n) is 5.60. The van der Waals surface area contributed by atoms with Crippen LogP contribution in [0.3, 0.4) is 0 Å². The Morgan fingerprint density at radius 2 is 2.06 bits per heavy atom. The molecule has 1 N–H and O–H groups in total. The number of non-ortho nitro benzene ring substituents is 1. The van der Waals surface area contributed by atoms with Crippen molar-refractivity contribution in [2.75, 3.05) is 5.32 Å². The third kappa shape index (κ3) is 4.01. The van der Waals surface area contributed by atoms with E-state index in [2.05, 4.69) is 19.2 Å². The van der Waals surface area contributed by atoms with Gasteiger partial charge in [-0.15, -0.1) is 0 Å². The normalized spacial score (nSPS) is 12.5. The number of hydrogen-bond acceptors (Lipinski definition) is 3. The maximum atomic E-state index is 13.4. The van der Waals surface area contributed by atoms with Crippen LogP contribution in [0.5, 0.6) is 0 Å². The topological polar surface area (TPSA) is 55.2 Å². The fraction of sp³-hybridized carbons (Fsp3) is 0.500. The molecule has 0 aliphatic carbocycles. The molecule has 0 aromatic heterocycles. The van der Waals surface area contributed by atoms with Gasteiger partial charge in [-0.3, -0.25) is 10.1 Å². The summed E-state index contributed by atoms with van der Waals surface area (Å²) < 4.78 is 13.4. The van der Waals surface area contributed by atoms with Gasteiger partial charge in [0.1, 0.15) is 5.82 Å². The van der Waals surface area contributed by atoms with Gasteiger partial charge >= 0.3 is 0 Å². The van der Waals surface area contributed by atoms with Crippen LogP contribution in [0.25, 0.3) is 0 Å². The summed E-state index contributed by atoms with van der Waals surface area (Å²) in [6.45, 7) is 6.07. The Bertz CT molecular complexity index is 407. The maximum absolute atomic E-state index is 13.4. The first kappa shape index (κ1) is 13.4. The molecular weight excluding hydrogens is 223 g/mol. The Balaban J connectivity index is 2.82. The second kappa shape index (κ2) is 5.61. The van der Waals surface area contributed by atoms with Gasteiger partial charge in [-0.1, -0.05) is 13.8 Å². The van der Waals surface area contributed by atoms with E-state index < -0.39 is 10.7 Å². The molecule has 0 saturated heterocycles. The Morgan fingerprint density at radius 1 is 1.41 bits per heavy atom. The number of anilines is 1. The van der Waals surface area contributed by atoms with Gasteiger partial charge in [-0.05, 0) is 25.3 Å². The zero-order valence-electron chi connectivity index (χ0n) is 10.2. The van der Waals surface area contributed by atoms with Crippen molar-refractivity contribution < 1.29 is 9.31 Å². The van der Waals surface area contributed by atoms with Crippen LogP contribution in [0.1, 0.15) is 27.2 Å². The highest BCUT2D eigenvalue weighted by molar-refractivity contribution is 5.52. The van der Waals surface area contributed by atoms with Gasteiger partial charge in [0.15, 0.2) is 0 Å². The summed E-state index contributed by atoms with van der Waals surface area (Å²) in [5.74, 6) is 0.0189. The monoisotopic (exact) mass is 240 g/mol. The molecule has 1 aromatic rings. The Hall–Kier alpha value is -1.65. The van der Waals surface area contributed by atoms with Crippen molar-refractivity contribution in [3.8, 4) is 0 Å². The fourth-order valence-electron chi connectivity index (χ4n) is 1.77. The summed E-state index contributed by atoms with van der Waals surface area (Å²) in [5.41, 5.74) is 0.0815. The van der Waals surface area contributed by atoms with Crippen LogP contribution in [-0.4, -0.2) is 11.0 Å². The molecule has 0 saturated carbocycles. The van der Waals surface area contributed by atoms with Crippen molar-refractivity contribution in [1.82, 2.24) is 0 Å². The minimum absolute atomic E-state index is 0.0755. The molecule has 4 nitrogen and oxygen atoms in total. The van der Waals surface area contributed by atoms with Gasteiger partial charge in [-0.2, -0.15) is 0 Å². The van der Waals surface area contributed by atoms with Crippen LogP contribution in [-0.2, 0) is 0 Å². The molecule has 0 aliphatic rings. The van der Waals surface area contributed by atoms with E-state index in [1.165, 1.54) is 6.07 Å². The van der Waals surface area contributed by atoms with E-state index in [-0.39, 0.29) is 17.4 Å². The summed E-state index contributed by atoms with van der Waals surface area (Å²) in [6.07, 6.45) is 0.877. The second-order valence-corrected chi connectivity index (χ2v) is 4.60. The first-order chi connectivity index (χ1) is 7.90. The van der Waals surface area contributed by atoms with Crippen molar-refractivity contribution in [3.05, 3.63) is 34.1 Å². The van der Waals surface area contributed by atoms with E-state index in [0.717, 1.165) is 18.6 Å². The fourth-order valence-corrected chi connectivity index (χ4v) is 1.77. The lowest BCUT2D eigenvalue weighted by molar-refractivity contribution is -0.384. The molecule has 1 unspecified atom stereocenters. The molecule has 94 valence electrons. The van der Waals surface area contributed by atoms with Crippen LogP contribution in [0.2, 0.25) is 0 Å². The summed E-state index contributed by atoms with van der Waals surface area (Å²) in [4.78, 5) is 10.1. The third-order valence-corrected chi connectivity index (χ3v) is 2.39. The number of nitrogens with zero attached hydrogens (tertiary/aromatic N) is 1. The number of nitrogens with one attached hydrogen (secondary N) is 1. The molecule has 0 radical (unpaired) electrons. The number of nitro groups is 1. The van der Waals surface area contributed by atoms with Crippen LogP contribution < -0.4 is 5.32 Å². The predicted molar refractivity (Wildman–Crippen MR) is 65.6 cm³/mol. The lowest BCUT2D eigenvalue weighted by Crippen LogP contribution is -2.18. The average molecular weight is 240 g/mol. The van der Waals surface area contributed by atoms with E-state index in [1.807, 2.05) is 6.92 Å². The molecule has 5 heteroatoms. The molecule has 0 spiro atoms. The van der Waals surface area contributed by atoms with Crippen molar-refractivity contribution in [2.45, 2.75) is 33.2 Å². The average Bonchev–Trinajstić information content (AvgIpc) is 2.19. The van der Waals surface area contributed by atoms with Gasteiger partial charge in [0, 0.05) is 18.2 Å². The predicted octanol–water partition coefficient (Wildman–Crippen LogP) is 3.58. The number of nitro benzene ring substituents is 1. The van der Waals surface area contributed by atoms with E-state index in [1.54, 1.807) is 0 Å². The zero-order chi connectivity index (χ0) is 13.0. The largest absolute Gasteiger partial charge is 0.380 e. The molecular formula is C12H17FN2O2. The number of halogens is 1. The highest BCUT2D eigenvalue weighted by Crippen LogP contribution is 2.22. The van der Waals surface area contributed by atoms with E-state index >= 15 is 0 Å². The van der Waals surface area contributed by atoms with E-state index in [4.69, 9.17) is 0 Å². The summed E-state index contributed by atoms with van der Waals surface area (Å²) in [7, 11) is 0. The highest BCUT2D eigenvalue weighted by atomic mass is 19.1. The van der Waals surface area contributed by atoms with Crippen LogP contribution in [0.15, 0.2) is 18.2 Å². The number of hydrogen-bond donors (Lipinski definition) is 1. The molecule has 0 heterocycles. The number of benzene rings is 1. The molecule has 0 fully saturated rings. The maximum Gasteiger partial charge on any atom is 0.271 e. The standard InChI is InChI=1S/C12H17FN2O2/c1-8(2)6-9(3)14-12-7-10(15(16)17)4-5-11(12)13/h4-5,7-9,14H,6H2,1-3H3. The second-order valence-electron chi connectivity index (χ2n) is 4.60. The zero-order valence-corrected chi connectivity index (χ0v) is 10.2. The van der Waals surface area contributed by atoms with Gasteiger partial charge in [0.05, 0.1) is 10.6 Å². The molecule has 1 aromatic carbocycles. The lowest BCUT2D eigenvalue weighted by atomic mass is 10.0. The summed E-state index contributed by atoms with van der Waals surface area (Å²) in [6, 6.07) is 3.58. The molecule has 0 aliphatic heterocycles. The van der Waals surface area contributed by atoms with Crippen molar-refractivity contribution >= 4 is 11.4 Å². The molecule has 0 bridgehead atoms. The third-order valence-electron chi connectivity index (χ3n) is 2.39. The summed E-state index contributed by atoms with van der Waals surface area (Å²) >= 11 is 0. The van der Waals surface area contributed by atoms with Gasteiger partial charge in [-0.25, -0.2) is 4.39 Å². The van der Waals surface area contributed by atoms with Crippen molar-refractivity contribution in [3.63, 3.8) is 0 Å². The van der Waals surface area contributed by atoms with Gasteiger partial charge in [0.2, 0.25) is 0 Å². The SMILES string of the molecule is CC(C)CC(C)Nc1cc([N+](=O)[O-])ccc1F. The van der Waals surface area contributed by atoms with Crippen LogP contribution in [0, 0.1) is 21.8 Å². The van der Waals surface area contributed by atoms with Crippen molar-refractivity contribution in [1.29, 1.82) is 0 Å².